The van der Waals surface area contributed by atoms with E-state index < -0.39 is 30.8 Å². The van der Waals surface area contributed by atoms with E-state index >= 15 is 0 Å². The quantitative estimate of drug-likeness (QED) is 0.309. The maximum Gasteiger partial charge on any atom is 0.410 e. The highest BCUT2D eigenvalue weighted by atomic mass is 19.4. The third-order valence-electron chi connectivity index (χ3n) is 5.14. The number of aliphatic carboxylic acids is 1. The number of alkyl halides is 3. The number of carbonyl (C=O) groups excluding carboxylic acids is 1. The lowest BCUT2D eigenvalue weighted by Gasteiger charge is -2.24. The van der Waals surface area contributed by atoms with Gasteiger partial charge in [0.15, 0.2) is 6.10 Å². The average Bonchev–Trinajstić information content (AvgIpc) is 2.77. The number of rotatable bonds is 16. The molecule has 0 radical (unpaired) electrons. The van der Waals surface area contributed by atoms with Gasteiger partial charge in [0.2, 0.25) is 0 Å². The molecule has 1 N–H and O–H groups in total. The first kappa shape index (κ1) is 29.5. The number of benzene rings is 1. The first-order valence-electron chi connectivity index (χ1n) is 11.6. The number of carbonyl (C=O) groups is 2. The second-order valence-corrected chi connectivity index (χ2v) is 7.99. The van der Waals surface area contributed by atoms with Crippen LogP contribution in [0.3, 0.4) is 0 Å². The van der Waals surface area contributed by atoms with Gasteiger partial charge in [-0.3, -0.25) is 0 Å². The number of nitrogens with zero attached hydrogens (tertiary/aromatic N) is 1. The molecule has 10 heteroatoms. The Kier molecular flexibility index (Phi) is 13.4. The number of amides is 1. The van der Waals surface area contributed by atoms with E-state index in [0.29, 0.717) is 31.6 Å². The van der Waals surface area contributed by atoms with Crippen molar-refractivity contribution in [2.45, 2.75) is 77.7 Å². The van der Waals surface area contributed by atoms with E-state index in [-0.39, 0.29) is 38.6 Å². The molecule has 2 atom stereocenters. The van der Waals surface area contributed by atoms with Gasteiger partial charge in [0.25, 0.3) is 0 Å². The molecule has 0 spiro atoms. The SMILES string of the molecule is CCOC(Cc1ccc(OCCN(CCCCCC(F)(F)F)C(=O)OC(C)CC)cc1)C(=O)O. The number of carboxylic acid groups (broad SMARTS) is 1. The average molecular weight is 492 g/mol. The monoisotopic (exact) mass is 491 g/mol. The van der Waals surface area contributed by atoms with Crippen LogP contribution in [0.1, 0.15) is 58.4 Å². The highest BCUT2D eigenvalue weighted by Crippen LogP contribution is 2.22. The van der Waals surface area contributed by atoms with Gasteiger partial charge < -0.3 is 24.2 Å². The number of carboxylic acids is 1. The largest absolute Gasteiger partial charge is 0.492 e. The zero-order chi connectivity index (χ0) is 25.6. The maximum atomic E-state index is 12.4. The minimum atomic E-state index is -4.17. The fourth-order valence-corrected chi connectivity index (χ4v) is 3.06. The summed E-state index contributed by atoms with van der Waals surface area (Å²) in [5, 5.41) is 9.19. The van der Waals surface area contributed by atoms with Crippen LogP contribution in [0, 0.1) is 0 Å². The van der Waals surface area contributed by atoms with Crippen LogP contribution in [0.4, 0.5) is 18.0 Å². The van der Waals surface area contributed by atoms with Crippen LogP contribution in [0.15, 0.2) is 24.3 Å². The van der Waals surface area contributed by atoms with E-state index in [9.17, 15) is 27.9 Å². The summed E-state index contributed by atoms with van der Waals surface area (Å²) >= 11 is 0. The van der Waals surface area contributed by atoms with Crippen molar-refractivity contribution >= 4 is 12.1 Å². The van der Waals surface area contributed by atoms with E-state index in [1.165, 1.54) is 4.90 Å². The molecule has 2 unspecified atom stereocenters. The highest BCUT2D eigenvalue weighted by molar-refractivity contribution is 5.72. The van der Waals surface area contributed by atoms with E-state index in [2.05, 4.69) is 0 Å². The molecule has 34 heavy (non-hydrogen) atoms. The number of ether oxygens (including phenoxy) is 3. The van der Waals surface area contributed by atoms with Crippen LogP contribution in [0.25, 0.3) is 0 Å². The Balaban J connectivity index is 2.57. The van der Waals surface area contributed by atoms with Gasteiger partial charge in [-0.1, -0.05) is 25.5 Å². The minimum absolute atomic E-state index is 0.0205. The molecular weight excluding hydrogens is 455 g/mol. The van der Waals surface area contributed by atoms with Gasteiger partial charge in [0.05, 0.1) is 6.54 Å². The lowest BCUT2D eigenvalue weighted by Crippen LogP contribution is -2.37. The van der Waals surface area contributed by atoms with Gasteiger partial charge in [-0.05, 0) is 50.8 Å². The summed E-state index contributed by atoms with van der Waals surface area (Å²) in [7, 11) is 0. The van der Waals surface area contributed by atoms with Crippen LogP contribution < -0.4 is 4.74 Å². The molecule has 1 aromatic carbocycles. The number of hydrogen-bond donors (Lipinski definition) is 1. The molecule has 1 amide bonds. The Bertz CT molecular complexity index is 726. The fraction of sp³-hybridized carbons (Fsp3) is 0.667. The molecule has 0 aliphatic rings. The normalized spacial score (nSPS) is 13.2. The van der Waals surface area contributed by atoms with E-state index in [1.54, 1.807) is 38.1 Å². The van der Waals surface area contributed by atoms with E-state index in [1.807, 2.05) is 6.92 Å². The smallest absolute Gasteiger partial charge is 0.410 e. The van der Waals surface area contributed by atoms with Crippen molar-refractivity contribution in [2.75, 3.05) is 26.3 Å². The highest BCUT2D eigenvalue weighted by Gasteiger charge is 2.26. The zero-order valence-electron chi connectivity index (χ0n) is 20.1. The van der Waals surface area contributed by atoms with Crippen LogP contribution in [-0.2, 0) is 20.7 Å². The summed E-state index contributed by atoms with van der Waals surface area (Å²) < 4.78 is 53.2. The van der Waals surface area contributed by atoms with Gasteiger partial charge in [-0.2, -0.15) is 13.2 Å². The summed E-state index contributed by atoms with van der Waals surface area (Å²) in [5.74, 6) is -0.475. The summed E-state index contributed by atoms with van der Waals surface area (Å²) in [6.07, 6.45) is -5.01. The van der Waals surface area contributed by atoms with Crippen LogP contribution in [0.5, 0.6) is 5.75 Å². The summed E-state index contributed by atoms with van der Waals surface area (Å²) in [5.41, 5.74) is 0.783. The van der Waals surface area contributed by atoms with E-state index in [0.717, 1.165) is 5.56 Å². The van der Waals surface area contributed by atoms with Crippen LogP contribution >= 0.6 is 0 Å². The molecule has 0 saturated heterocycles. The molecular formula is C24H36F3NO6. The molecule has 1 aromatic rings. The lowest BCUT2D eigenvalue weighted by molar-refractivity contribution is -0.150. The lowest BCUT2D eigenvalue weighted by atomic mass is 10.1. The van der Waals surface area contributed by atoms with Crippen LogP contribution in [-0.4, -0.2) is 66.8 Å². The molecule has 0 fully saturated rings. The van der Waals surface area contributed by atoms with Gasteiger partial charge in [-0.25, -0.2) is 9.59 Å². The molecule has 1 rings (SSSR count). The molecule has 0 aromatic heterocycles. The predicted octanol–water partition coefficient (Wildman–Crippen LogP) is 5.46. The fourth-order valence-electron chi connectivity index (χ4n) is 3.06. The van der Waals surface area contributed by atoms with Crippen molar-refractivity contribution < 1.29 is 42.1 Å². The minimum Gasteiger partial charge on any atom is -0.492 e. The number of unbranched alkanes of at least 4 members (excludes halogenated alkanes) is 2. The first-order chi connectivity index (χ1) is 16.1. The Morgan fingerprint density at radius 3 is 2.29 bits per heavy atom. The Morgan fingerprint density at radius 1 is 1.06 bits per heavy atom. The second kappa shape index (κ2) is 15.4. The number of hydrogen-bond acceptors (Lipinski definition) is 5. The molecule has 0 heterocycles. The molecule has 0 bridgehead atoms. The molecule has 7 nitrogen and oxygen atoms in total. The second-order valence-electron chi connectivity index (χ2n) is 7.99. The molecule has 194 valence electrons. The third-order valence-corrected chi connectivity index (χ3v) is 5.14. The summed E-state index contributed by atoms with van der Waals surface area (Å²) in [6.45, 7) is 6.38. The molecule has 0 aliphatic carbocycles. The van der Waals surface area contributed by atoms with Crippen molar-refractivity contribution in [2.24, 2.45) is 0 Å². The standard InChI is InChI=1S/C24H36F3NO6/c1-4-18(3)34-23(31)28(14-8-6-7-13-24(25,26)27)15-16-33-20-11-9-19(10-12-20)17-21(22(29)30)32-5-2/h9-12,18,21H,4-8,13-17H2,1-3H3,(H,29,30). The van der Waals surface area contributed by atoms with E-state index in [4.69, 9.17) is 14.2 Å². The van der Waals surface area contributed by atoms with Crippen LogP contribution in [0.2, 0.25) is 0 Å². The Labute approximate surface area is 199 Å². The first-order valence-corrected chi connectivity index (χ1v) is 11.6. The van der Waals surface area contributed by atoms with Crippen molar-refractivity contribution in [1.82, 2.24) is 4.90 Å². The van der Waals surface area contributed by atoms with Gasteiger partial charge in [0.1, 0.15) is 18.5 Å². The predicted molar refractivity (Wildman–Crippen MR) is 121 cm³/mol. The van der Waals surface area contributed by atoms with Crippen molar-refractivity contribution in [3.8, 4) is 5.75 Å². The van der Waals surface area contributed by atoms with Crippen molar-refractivity contribution in [3.05, 3.63) is 29.8 Å². The maximum absolute atomic E-state index is 12.4. The van der Waals surface area contributed by atoms with Gasteiger partial charge >= 0.3 is 18.2 Å². The van der Waals surface area contributed by atoms with Gasteiger partial charge in [-0.15, -0.1) is 0 Å². The third kappa shape index (κ3) is 12.7. The summed E-state index contributed by atoms with van der Waals surface area (Å²) in [6, 6.07) is 6.91. The topological polar surface area (TPSA) is 85.3 Å². The molecule has 0 saturated carbocycles. The van der Waals surface area contributed by atoms with Gasteiger partial charge in [0, 0.05) is 26.0 Å². The van der Waals surface area contributed by atoms with Crippen molar-refractivity contribution in [1.29, 1.82) is 0 Å². The Morgan fingerprint density at radius 2 is 1.74 bits per heavy atom. The number of halogens is 3. The Hall–Kier alpha value is -2.49. The molecule has 0 aliphatic heterocycles. The summed E-state index contributed by atoms with van der Waals surface area (Å²) in [4.78, 5) is 25.1. The van der Waals surface area contributed by atoms with Crippen molar-refractivity contribution in [3.63, 3.8) is 0 Å². The zero-order valence-corrected chi connectivity index (χ0v) is 20.1.